The first-order chi connectivity index (χ1) is 13.4. The molecule has 0 radical (unpaired) electrons. The van der Waals surface area contributed by atoms with Gasteiger partial charge in [0.05, 0.1) is 5.02 Å². The summed E-state index contributed by atoms with van der Waals surface area (Å²) in [5.41, 5.74) is 2.79. The first-order valence-electron chi connectivity index (χ1n) is 9.30. The Kier molecular flexibility index (Phi) is 7.04. The van der Waals surface area contributed by atoms with Gasteiger partial charge in [0.1, 0.15) is 16.5 Å². The molecule has 28 heavy (non-hydrogen) atoms. The predicted molar refractivity (Wildman–Crippen MR) is 106 cm³/mol. The number of hydrogen-bond acceptors (Lipinski definition) is 3. The van der Waals surface area contributed by atoms with Crippen molar-refractivity contribution in [2.45, 2.75) is 37.1 Å². The van der Waals surface area contributed by atoms with E-state index < -0.39 is 31.6 Å². The average molecular weight is 429 g/mol. The standard InChI is InChI=1S/C20H23ClF2N2O2S/c21-17-12-19(23)20(13-18(17)22)28(26,27)24-9-4-1-5-10-25-11-8-15-6-2-3-7-16(15)14-25/h2-3,6-7,12-13,24H,1,4-5,8-11,14H2. The summed E-state index contributed by atoms with van der Waals surface area (Å²) in [4.78, 5) is 1.68. The molecule has 0 fully saturated rings. The van der Waals surface area contributed by atoms with Crippen LogP contribution in [0.2, 0.25) is 5.02 Å². The summed E-state index contributed by atoms with van der Waals surface area (Å²) < 4.78 is 53.9. The molecule has 8 heteroatoms. The van der Waals surface area contributed by atoms with Gasteiger partial charge in [-0.15, -0.1) is 0 Å². The Balaban J connectivity index is 1.40. The minimum Gasteiger partial charge on any atom is -0.299 e. The Labute approximate surface area is 169 Å². The van der Waals surface area contributed by atoms with Crippen LogP contribution in [0.15, 0.2) is 41.3 Å². The van der Waals surface area contributed by atoms with Gasteiger partial charge in [0.15, 0.2) is 0 Å². The normalized spacial score (nSPS) is 14.8. The van der Waals surface area contributed by atoms with Crippen LogP contribution in [0.1, 0.15) is 30.4 Å². The van der Waals surface area contributed by atoms with Crippen LogP contribution in [0.5, 0.6) is 0 Å². The zero-order valence-electron chi connectivity index (χ0n) is 15.4. The number of hydrogen-bond donors (Lipinski definition) is 1. The van der Waals surface area contributed by atoms with Crippen molar-refractivity contribution < 1.29 is 17.2 Å². The van der Waals surface area contributed by atoms with Crippen LogP contribution in [-0.2, 0) is 23.0 Å². The molecule has 0 unspecified atom stereocenters. The highest BCUT2D eigenvalue weighted by molar-refractivity contribution is 7.89. The number of rotatable bonds is 8. The van der Waals surface area contributed by atoms with E-state index >= 15 is 0 Å². The Bertz CT molecular complexity index is 938. The van der Waals surface area contributed by atoms with Gasteiger partial charge in [0.25, 0.3) is 0 Å². The summed E-state index contributed by atoms with van der Waals surface area (Å²) in [5, 5.41) is -0.447. The molecule has 1 aliphatic heterocycles. The smallest absolute Gasteiger partial charge is 0.243 e. The van der Waals surface area contributed by atoms with E-state index in [2.05, 4.69) is 33.9 Å². The maximum atomic E-state index is 13.8. The molecule has 152 valence electrons. The monoisotopic (exact) mass is 428 g/mol. The number of halogens is 3. The highest BCUT2D eigenvalue weighted by atomic mass is 35.5. The summed E-state index contributed by atoms with van der Waals surface area (Å²) in [7, 11) is -4.11. The zero-order chi connectivity index (χ0) is 20.1. The van der Waals surface area contributed by atoms with Crippen molar-refractivity contribution >= 4 is 21.6 Å². The zero-order valence-corrected chi connectivity index (χ0v) is 17.0. The second kappa shape index (κ2) is 9.31. The van der Waals surface area contributed by atoms with E-state index in [4.69, 9.17) is 11.6 Å². The SMILES string of the molecule is O=S(=O)(NCCCCCN1CCc2ccccc2C1)c1cc(F)c(Cl)cc1F. The van der Waals surface area contributed by atoms with Gasteiger partial charge in [-0.05, 0) is 49.1 Å². The van der Waals surface area contributed by atoms with Crippen LogP contribution in [0.4, 0.5) is 8.78 Å². The Hall–Kier alpha value is -1.54. The number of fused-ring (bicyclic) bond motifs is 1. The Morgan fingerprint density at radius 1 is 1.04 bits per heavy atom. The van der Waals surface area contributed by atoms with Crippen LogP contribution in [0, 0.1) is 11.6 Å². The third-order valence-corrected chi connectivity index (χ3v) is 6.68. The fraction of sp³-hybridized carbons (Fsp3) is 0.400. The first kappa shape index (κ1) is 21.2. The van der Waals surface area contributed by atoms with Crippen LogP contribution in [-0.4, -0.2) is 33.0 Å². The molecule has 2 aromatic rings. The molecule has 0 spiro atoms. The lowest BCUT2D eigenvalue weighted by Crippen LogP contribution is -2.31. The molecule has 0 atom stereocenters. The summed E-state index contributed by atoms with van der Waals surface area (Å²) in [6.45, 7) is 3.11. The fourth-order valence-corrected chi connectivity index (χ4v) is 4.67. The summed E-state index contributed by atoms with van der Waals surface area (Å²) >= 11 is 5.46. The van der Waals surface area contributed by atoms with Crippen molar-refractivity contribution in [3.63, 3.8) is 0 Å². The van der Waals surface area contributed by atoms with E-state index in [0.717, 1.165) is 38.9 Å². The highest BCUT2D eigenvalue weighted by Gasteiger charge is 2.21. The molecular formula is C20H23ClF2N2O2S. The lowest BCUT2D eigenvalue weighted by atomic mass is 10.00. The van der Waals surface area contributed by atoms with E-state index in [1.807, 2.05) is 0 Å². The van der Waals surface area contributed by atoms with Crippen molar-refractivity contribution in [3.05, 3.63) is 64.2 Å². The predicted octanol–water partition coefficient (Wildman–Crippen LogP) is 4.13. The molecule has 0 bridgehead atoms. The molecule has 1 aliphatic rings. The number of sulfonamides is 1. The molecule has 1 heterocycles. The van der Waals surface area contributed by atoms with Crippen molar-refractivity contribution in [3.8, 4) is 0 Å². The number of benzene rings is 2. The maximum absolute atomic E-state index is 13.8. The van der Waals surface area contributed by atoms with E-state index in [1.54, 1.807) is 0 Å². The molecule has 0 saturated heterocycles. The molecule has 4 nitrogen and oxygen atoms in total. The fourth-order valence-electron chi connectivity index (χ4n) is 3.38. The van der Waals surface area contributed by atoms with E-state index in [0.29, 0.717) is 18.6 Å². The van der Waals surface area contributed by atoms with Crippen molar-refractivity contribution in [1.82, 2.24) is 9.62 Å². The van der Waals surface area contributed by atoms with Gasteiger partial charge in [-0.1, -0.05) is 42.3 Å². The minimum absolute atomic E-state index is 0.175. The molecule has 0 saturated carbocycles. The van der Waals surface area contributed by atoms with Gasteiger partial charge < -0.3 is 0 Å². The van der Waals surface area contributed by atoms with Gasteiger partial charge in [-0.3, -0.25) is 4.90 Å². The summed E-state index contributed by atoms with van der Waals surface area (Å²) in [6, 6.07) is 9.74. The summed E-state index contributed by atoms with van der Waals surface area (Å²) in [5.74, 6) is -2.03. The first-order valence-corrected chi connectivity index (χ1v) is 11.2. The molecule has 0 aromatic heterocycles. The molecule has 2 aromatic carbocycles. The lowest BCUT2D eigenvalue weighted by Gasteiger charge is -2.28. The maximum Gasteiger partial charge on any atom is 0.243 e. The van der Waals surface area contributed by atoms with Crippen LogP contribution >= 0.6 is 11.6 Å². The largest absolute Gasteiger partial charge is 0.299 e. The van der Waals surface area contributed by atoms with Crippen molar-refractivity contribution in [2.24, 2.45) is 0 Å². The van der Waals surface area contributed by atoms with Gasteiger partial charge in [-0.2, -0.15) is 0 Å². The molecular weight excluding hydrogens is 406 g/mol. The second-order valence-corrected chi connectivity index (χ2v) is 9.09. The third kappa shape index (κ3) is 5.29. The van der Waals surface area contributed by atoms with Crippen molar-refractivity contribution in [1.29, 1.82) is 0 Å². The third-order valence-electron chi connectivity index (χ3n) is 4.92. The summed E-state index contributed by atoms with van der Waals surface area (Å²) in [6.07, 6.45) is 3.48. The van der Waals surface area contributed by atoms with Crippen LogP contribution in [0.25, 0.3) is 0 Å². The Morgan fingerprint density at radius 3 is 2.57 bits per heavy atom. The molecule has 3 rings (SSSR count). The lowest BCUT2D eigenvalue weighted by molar-refractivity contribution is 0.248. The second-order valence-electron chi connectivity index (χ2n) is 6.95. The number of nitrogens with zero attached hydrogens (tertiary/aromatic N) is 1. The highest BCUT2D eigenvalue weighted by Crippen LogP contribution is 2.23. The van der Waals surface area contributed by atoms with Crippen molar-refractivity contribution in [2.75, 3.05) is 19.6 Å². The van der Waals surface area contributed by atoms with Gasteiger partial charge in [0.2, 0.25) is 10.0 Å². The minimum atomic E-state index is -4.11. The van der Waals surface area contributed by atoms with Gasteiger partial charge in [0, 0.05) is 19.6 Å². The van der Waals surface area contributed by atoms with Crippen LogP contribution in [0.3, 0.4) is 0 Å². The molecule has 1 N–H and O–H groups in total. The Morgan fingerprint density at radius 2 is 1.79 bits per heavy atom. The topological polar surface area (TPSA) is 49.4 Å². The van der Waals surface area contributed by atoms with E-state index in [1.165, 1.54) is 11.1 Å². The number of unbranched alkanes of at least 4 members (excludes halogenated alkanes) is 2. The van der Waals surface area contributed by atoms with E-state index in [9.17, 15) is 17.2 Å². The average Bonchev–Trinajstić information content (AvgIpc) is 2.67. The van der Waals surface area contributed by atoms with Gasteiger partial charge >= 0.3 is 0 Å². The quantitative estimate of drug-likeness (QED) is 0.508. The molecule has 0 amide bonds. The number of nitrogens with one attached hydrogen (secondary N) is 1. The van der Waals surface area contributed by atoms with E-state index in [-0.39, 0.29) is 6.54 Å². The molecule has 0 aliphatic carbocycles. The van der Waals surface area contributed by atoms with Crippen LogP contribution < -0.4 is 4.72 Å². The van der Waals surface area contributed by atoms with Gasteiger partial charge in [-0.25, -0.2) is 21.9 Å².